The van der Waals surface area contributed by atoms with Crippen LogP contribution >= 0.6 is 0 Å². The van der Waals surface area contributed by atoms with Gasteiger partial charge in [-0.1, -0.05) is 84.9 Å². The average Bonchev–Trinajstić information content (AvgIpc) is 3.50. The fraction of sp³-hybridized carbons (Fsp3) is 0.295. The molecule has 0 aliphatic heterocycles. The zero-order chi connectivity index (χ0) is 39.4. The third-order valence-corrected chi connectivity index (χ3v) is 9.07. The molecular formula is C44H50N6O5. The number of nitrogens with two attached hydrogens (primary N) is 1. The number of fused-ring (bicyclic) bond motifs is 2. The summed E-state index contributed by atoms with van der Waals surface area (Å²) in [5.41, 5.74) is 9.95. The molecular weight excluding hydrogens is 693 g/mol. The van der Waals surface area contributed by atoms with Crippen molar-refractivity contribution in [3.8, 4) is 0 Å². The first-order valence-corrected chi connectivity index (χ1v) is 18.4. The van der Waals surface area contributed by atoms with Gasteiger partial charge in [0.25, 0.3) is 0 Å². The van der Waals surface area contributed by atoms with E-state index in [1.807, 2.05) is 72.3 Å². The minimum Gasteiger partial charge on any atom is -0.481 e. The van der Waals surface area contributed by atoms with Crippen LogP contribution in [0.5, 0.6) is 0 Å². The van der Waals surface area contributed by atoms with Gasteiger partial charge in [-0.2, -0.15) is 0 Å². The summed E-state index contributed by atoms with van der Waals surface area (Å²) in [4.78, 5) is 48.6. The maximum absolute atomic E-state index is 13.1. The molecule has 11 nitrogen and oxygen atoms in total. The number of ketones is 1. The van der Waals surface area contributed by atoms with Gasteiger partial charge in [0, 0.05) is 31.9 Å². The number of aliphatic carboxylic acids is 1. The van der Waals surface area contributed by atoms with Crippen LogP contribution in [0.1, 0.15) is 66.6 Å². The molecule has 0 aliphatic rings. The predicted octanol–water partition coefficient (Wildman–Crippen LogP) is 7.66. The van der Waals surface area contributed by atoms with Gasteiger partial charge in [0.05, 0.1) is 29.8 Å². The number of para-hydroxylation sites is 2. The van der Waals surface area contributed by atoms with Crippen molar-refractivity contribution < 1.29 is 24.2 Å². The number of imidazole rings is 1. The quantitative estimate of drug-likeness (QED) is 0.0580. The standard InChI is InChI=1S/C33H39N5O5.C11H11N/c1-33(2,3)43-32(42)38(22-25-10-7-8-19-35-25)21-23-14-16-24(17-15-23)30(39)26(31(40)41)11-9-18-34-20-29-36-27-12-5-6-13-28(27)37(29)4;12-8-10-6-3-5-9-4-1-2-7-11(9)10/h5-8,10,12-17,19,26,34H,9,11,18,20-22H2,1-4H3,(H,40,41);1-7H,8,12H2. The van der Waals surface area contributed by atoms with E-state index in [0.29, 0.717) is 37.3 Å². The molecule has 0 spiro atoms. The van der Waals surface area contributed by atoms with Crippen LogP contribution in [0.15, 0.2) is 115 Å². The Morgan fingerprint density at radius 1 is 0.891 bits per heavy atom. The summed E-state index contributed by atoms with van der Waals surface area (Å²) in [7, 11) is 1.96. The number of ether oxygens (including phenoxy) is 1. The molecule has 0 saturated carbocycles. The van der Waals surface area contributed by atoms with Crippen LogP contribution < -0.4 is 11.1 Å². The molecule has 2 heterocycles. The van der Waals surface area contributed by atoms with Crippen molar-refractivity contribution in [2.45, 2.75) is 65.4 Å². The van der Waals surface area contributed by atoms with E-state index in [2.05, 4.69) is 39.6 Å². The first kappa shape index (κ1) is 40.3. The number of carbonyl (C=O) groups excluding carboxylic acids is 2. The number of Topliss-reactive ketones (excluding diaryl/α,β-unsaturated/α-hetero) is 1. The highest BCUT2D eigenvalue weighted by Gasteiger charge is 2.27. The summed E-state index contributed by atoms with van der Waals surface area (Å²) in [6.45, 7) is 7.61. The third-order valence-electron chi connectivity index (χ3n) is 9.07. The lowest BCUT2D eigenvalue weighted by Gasteiger charge is -2.27. The van der Waals surface area contributed by atoms with Crippen LogP contribution in [0.3, 0.4) is 0 Å². The number of rotatable bonds is 14. The van der Waals surface area contributed by atoms with Crippen LogP contribution in [0, 0.1) is 5.92 Å². The highest BCUT2D eigenvalue weighted by molar-refractivity contribution is 6.08. The topological polar surface area (TPSA) is 153 Å². The Balaban J connectivity index is 0.000000407. The fourth-order valence-corrected chi connectivity index (χ4v) is 6.22. The average molecular weight is 743 g/mol. The zero-order valence-electron chi connectivity index (χ0n) is 31.9. The highest BCUT2D eigenvalue weighted by Crippen LogP contribution is 2.20. The molecule has 6 rings (SSSR count). The van der Waals surface area contributed by atoms with E-state index < -0.39 is 29.4 Å². The van der Waals surface area contributed by atoms with Crippen molar-refractivity contribution >= 4 is 39.7 Å². The summed E-state index contributed by atoms with van der Waals surface area (Å²) in [5, 5.41) is 15.6. The van der Waals surface area contributed by atoms with Crippen LogP contribution in [0.4, 0.5) is 4.79 Å². The lowest BCUT2D eigenvalue weighted by molar-refractivity contribution is -0.140. The SMILES string of the molecule is Cn1c(CNCCCC(C(=O)O)C(=O)c2ccc(CN(Cc3ccccn3)C(=O)OC(C)(C)C)cc2)nc2ccccc21.NCc1cccc2ccccc12. The Morgan fingerprint density at radius 2 is 1.60 bits per heavy atom. The van der Waals surface area contributed by atoms with Crippen LogP contribution in [0.2, 0.25) is 0 Å². The van der Waals surface area contributed by atoms with Gasteiger partial charge in [0.15, 0.2) is 5.78 Å². The second kappa shape index (κ2) is 18.9. The largest absolute Gasteiger partial charge is 0.481 e. The van der Waals surface area contributed by atoms with E-state index in [4.69, 9.17) is 10.5 Å². The number of carbonyl (C=O) groups is 3. The molecule has 4 N–H and O–H groups in total. The van der Waals surface area contributed by atoms with Gasteiger partial charge < -0.3 is 25.5 Å². The van der Waals surface area contributed by atoms with Gasteiger partial charge in [0.2, 0.25) is 0 Å². The Bertz CT molecular complexity index is 2190. The summed E-state index contributed by atoms with van der Waals surface area (Å²) in [6, 6.07) is 34.6. The molecule has 0 radical (unpaired) electrons. The minimum absolute atomic E-state index is 0.210. The van der Waals surface area contributed by atoms with Crippen molar-refractivity contribution in [3.63, 3.8) is 0 Å². The number of hydrogen-bond acceptors (Lipinski definition) is 8. The summed E-state index contributed by atoms with van der Waals surface area (Å²) in [5.74, 6) is -1.84. The zero-order valence-corrected chi connectivity index (χ0v) is 31.9. The summed E-state index contributed by atoms with van der Waals surface area (Å²) >= 11 is 0. The molecule has 0 bridgehead atoms. The van der Waals surface area contributed by atoms with Gasteiger partial charge in [-0.05, 0) is 86.3 Å². The predicted molar refractivity (Wildman–Crippen MR) is 215 cm³/mol. The second-order valence-corrected chi connectivity index (χ2v) is 14.3. The lowest BCUT2D eigenvalue weighted by Crippen LogP contribution is -2.36. The fourth-order valence-electron chi connectivity index (χ4n) is 6.22. The normalized spacial score (nSPS) is 11.8. The van der Waals surface area contributed by atoms with E-state index >= 15 is 0 Å². The van der Waals surface area contributed by atoms with Gasteiger partial charge >= 0.3 is 12.1 Å². The van der Waals surface area contributed by atoms with Crippen molar-refractivity contribution in [2.75, 3.05) is 6.54 Å². The molecule has 1 atom stereocenters. The van der Waals surface area contributed by atoms with E-state index in [1.165, 1.54) is 16.3 Å². The molecule has 1 unspecified atom stereocenters. The number of amides is 1. The number of carboxylic acids is 1. The summed E-state index contributed by atoms with van der Waals surface area (Å²) in [6.07, 6.45) is 1.92. The summed E-state index contributed by atoms with van der Waals surface area (Å²) < 4.78 is 7.62. The first-order valence-electron chi connectivity index (χ1n) is 18.4. The third kappa shape index (κ3) is 11.3. The van der Waals surface area contributed by atoms with Gasteiger partial charge in [-0.25, -0.2) is 9.78 Å². The second-order valence-electron chi connectivity index (χ2n) is 14.3. The van der Waals surface area contributed by atoms with E-state index in [0.717, 1.165) is 22.4 Å². The molecule has 0 saturated heterocycles. The number of benzene rings is 4. The molecule has 55 heavy (non-hydrogen) atoms. The van der Waals surface area contributed by atoms with E-state index in [9.17, 15) is 19.5 Å². The Hall–Kier alpha value is -5.91. The van der Waals surface area contributed by atoms with E-state index in [1.54, 1.807) is 56.1 Å². The number of hydrogen-bond donors (Lipinski definition) is 3. The molecule has 1 amide bonds. The van der Waals surface area contributed by atoms with Crippen LogP contribution in [-0.2, 0) is 42.8 Å². The molecule has 6 aromatic rings. The molecule has 0 aliphatic carbocycles. The molecule has 286 valence electrons. The van der Waals surface area contributed by atoms with Crippen LogP contribution in [0.25, 0.3) is 21.8 Å². The molecule has 0 fully saturated rings. The van der Waals surface area contributed by atoms with Gasteiger partial charge in [-0.15, -0.1) is 0 Å². The lowest BCUT2D eigenvalue weighted by atomic mass is 9.93. The molecule has 11 heteroatoms. The van der Waals surface area contributed by atoms with E-state index in [-0.39, 0.29) is 19.5 Å². The number of pyridine rings is 1. The number of aromatic nitrogens is 3. The number of aryl methyl sites for hydroxylation is 1. The number of nitrogens with zero attached hydrogens (tertiary/aromatic N) is 4. The smallest absolute Gasteiger partial charge is 0.410 e. The molecule has 2 aromatic heterocycles. The number of carboxylic acid groups (broad SMARTS) is 1. The minimum atomic E-state index is -1.15. The van der Waals surface area contributed by atoms with Crippen molar-refractivity contribution in [1.29, 1.82) is 0 Å². The Kier molecular flexibility index (Phi) is 13.9. The van der Waals surface area contributed by atoms with Crippen molar-refractivity contribution in [2.24, 2.45) is 18.7 Å². The van der Waals surface area contributed by atoms with Gasteiger partial charge in [0.1, 0.15) is 17.3 Å². The van der Waals surface area contributed by atoms with Gasteiger partial charge in [-0.3, -0.25) is 19.5 Å². The maximum atomic E-state index is 13.1. The first-order chi connectivity index (χ1) is 26.4. The molecule has 4 aromatic carbocycles. The van der Waals surface area contributed by atoms with Crippen molar-refractivity contribution in [1.82, 2.24) is 24.8 Å². The Labute approximate surface area is 322 Å². The van der Waals surface area contributed by atoms with Crippen LogP contribution in [-0.4, -0.2) is 54.5 Å². The highest BCUT2D eigenvalue weighted by atomic mass is 16.6. The van der Waals surface area contributed by atoms with Crippen molar-refractivity contribution in [3.05, 3.63) is 144 Å². The number of nitrogens with one attached hydrogen (secondary N) is 1. The Morgan fingerprint density at radius 3 is 2.29 bits per heavy atom. The maximum Gasteiger partial charge on any atom is 0.410 e. The monoisotopic (exact) mass is 742 g/mol.